The number of nitrogens with zero attached hydrogens (tertiary/aromatic N) is 4. The molecule has 1 fully saturated rings. The van der Waals surface area contributed by atoms with Gasteiger partial charge in [-0.05, 0) is 13.3 Å². The van der Waals surface area contributed by atoms with Gasteiger partial charge < -0.3 is 30.5 Å². The van der Waals surface area contributed by atoms with E-state index in [1.54, 1.807) is 0 Å². The lowest BCUT2D eigenvalue weighted by atomic mass is 10.1. The van der Waals surface area contributed by atoms with Crippen LogP contribution in [-0.2, 0) is 4.74 Å². The van der Waals surface area contributed by atoms with E-state index in [0.717, 1.165) is 6.42 Å². The Hall–Kier alpha value is -2.01. The maximum atomic E-state index is 10.2. The summed E-state index contributed by atoms with van der Waals surface area (Å²) in [4.78, 5) is 12.5. The van der Waals surface area contributed by atoms with E-state index in [1.807, 2.05) is 13.8 Å². The number of aromatic nitrogens is 4. The number of nitrogens with two attached hydrogens (primary N) is 1. The Morgan fingerprint density at radius 2 is 2.12 bits per heavy atom. The molecule has 0 radical (unpaired) electrons. The summed E-state index contributed by atoms with van der Waals surface area (Å²) in [6.45, 7) is 3.43. The maximum absolute atomic E-state index is 10.2. The third kappa shape index (κ3) is 2.77. The average molecular weight is 339 g/mol. The Bertz CT molecular complexity index is 723. The van der Waals surface area contributed by atoms with Crippen LogP contribution in [0, 0.1) is 0 Å². The Morgan fingerprint density at radius 3 is 2.75 bits per heavy atom. The average Bonchev–Trinajstić information content (AvgIpc) is 3.10. The van der Waals surface area contributed by atoms with Crippen molar-refractivity contribution >= 4 is 17.0 Å². The molecule has 0 aliphatic carbocycles. The molecule has 2 aromatic rings. The molecule has 5 atom stereocenters. The lowest BCUT2D eigenvalue weighted by Crippen LogP contribution is -2.33. The van der Waals surface area contributed by atoms with Crippen LogP contribution in [0.15, 0.2) is 6.33 Å². The number of imidazole rings is 1. The van der Waals surface area contributed by atoms with Crippen molar-refractivity contribution in [3.8, 4) is 6.01 Å². The first-order chi connectivity index (χ1) is 11.5. The highest BCUT2D eigenvalue weighted by atomic mass is 16.6. The molecule has 24 heavy (non-hydrogen) atoms. The summed E-state index contributed by atoms with van der Waals surface area (Å²) < 4.78 is 12.5. The van der Waals surface area contributed by atoms with Crippen LogP contribution in [0.5, 0.6) is 6.01 Å². The third-order valence-electron chi connectivity index (χ3n) is 4.10. The molecule has 3 heterocycles. The fourth-order valence-corrected chi connectivity index (χ4v) is 2.53. The van der Waals surface area contributed by atoms with E-state index >= 15 is 0 Å². The number of aliphatic hydroxyl groups excluding tert-OH is 3. The minimum absolute atomic E-state index is 0.0906. The van der Waals surface area contributed by atoms with Gasteiger partial charge in [0.2, 0.25) is 0 Å². The second-order valence-electron chi connectivity index (χ2n) is 5.78. The van der Waals surface area contributed by atoms with Gasteiger partial charge in [-0.1, -0.05) is 6.92 Å². The van der Waals surface area contributed by atoms with Crippen molar-refractivity contribution in [2.75, 3.05) is 12.3 Å². The number of ether oxygens (including phenoxy) is 2. The van der Waals surface area contributed by atoms with E-state index in [4.69, 9.17) is 15.2 Å². The molecule has 0 bridgehead atoms. The monoisotopic (exact) mass is 339 g/mol. The van der Waals surface area contributed by atoms with Crippen molar-refractivity contribution in [2.45, 2.75) is 50.9 Å². The van der Waals surface area contributed by atoms with E-state index in [0.29, 0.717) is 11.2 Å². The second-order valence-corrected chi connectivity index (χ2v) is 5.78. The van der Waals surface area contributed by atoms with Crippen LogP contribution in [0.2, 0.25) is 0 Å². The molecule has 1 saturated heterocycles. The molecule has 0 spiro atoms. The molecule has 2 aromatic heterocycles. The largest absolute Gasteiger partial charge is 0.460 e. The molecule has 0 amide bonds. The molecule has 0 aromatic carbocycles. The van der Waals surface area contributed by atoms with Gasteiger partial charge in [0.05, 0.1) is 19.0 Å². The summed E-state index contributed by atoms with van der Waals surface area (Å²) in [5.41, 5.74) is 6.55. The molecule has 10 nitrogen and oxygen atoms in total. The smallest absolute Gasteiger partial charge is 0.320 e. The van der Waals surface area contributed by atoms with E-state index in [1.165, 1.54) is 10.9 Å². The van der Waals surface area contributed by atoms with Crippen molar-refractivity contribution < 1.29 is 24.8 Å². The van der Waals surface area contributed by atoms with E-state index in [2.05, 4.69) is 15.0 Å². The Balaban J connectivity index is 2.00. The molecule has 1 aliphatic heterocycles. The van der Waals surface area contributed by atoms with Gasteiger partial charge in [-0.2, -0.15) is 9.97 Å². The van der Waals surface area contributed by atoms with Crippen molar-refractivity contribution in [3.63, 3.8) is 0 Å². The SMILES string of the molecule is CCC(C)Oc1nc(N)c2ncn([C@@H]3O[C@H](CO)[C@@H](O)[C@H]3O)c2n1. The molecule has 10 heteroatoms. The fraction of sp³-hybridized carbons (Fsp3) is 0.643. The van der Waals surface area contributed by atoms with Gasteiger partial charge in [-0.3, -0.25) is 4.57 Å². The summed E-state index contributed by atoms with van der Waals surface area (Å²) in [6, 6.07) is 0.0999. The zero-order valence-corrected chi connectivity index (χ0v) is 13.4. The van der Waals surface area contributed by atoms with Crippen LogP contribution in [0.3, 0.4) is 0 Å². The minimum atomic E-state index is -1.24. The molecule has 1 unspecified atom stereocenters. The first-order valence-electron chi connectivity index (χ1n) is 7.75. The van der Waals surface area contributed by atoms with Crippen molar-refractivity contribution in [1.82, 2.24) is 19.5 Å². The van der Waals surface area contributed by atoms with Gasteiger partial charge in [0.15, 0.2) is 23.2 Å². The Morgan fingerprint density at radius 1 is 1.38 bits per heavy atom. The van der Waals surface area contributed by atoms with Gasteiger partial charge in [-0.25, -0.2) is 4.98 Å². The van der Waals surface area contributed by atoms with E-state index in [9.17, 15) is 15.3 Å². The lowest BCUT2D eigenvalue weighted by Gasteiger charge is -2.17. The van der Waals surface area contributed by atoms with Gasteiger partial charge >= 0.3 is 6.01 Å². The maximum Gasteiger partial charge on any atom is 0.320 e. The first kappa shape index (κ1) is 16.8. The van der Waals surface area contributed by atoms with Crippen LogP contribution in [0.1, 0.15) is 26.5 Å². The zero-order chi connectivity index (χ0) is 17.4. The number of aliphatic hydroxyl groups is 3. The third-order valence-corrected chi connectivity index (χ3v) is 4.10. The number of rotatable bonds is 5. The Kier molecular flexibility index (Phi) is 4.54. The minimum Gasteiger partial charge on any atom is -0.460 e. The van der Waals surface area contributed by atoms with E-state index in [-0.39, 0.29) is 17.9 Å². The summed E-state index contributed by atoms with van der Waals surface area (Å²) in [6.07, 6.45) is -2.22. The lowest BCUT2D eigenvalue weighted by molar-refractivity contribution is -0.0511. The molecular weight excluding hydrogens is 318 g/mol. The predicted octanol–water partition coefficient (Wildman–Crippen LogP) is -0.803. The topological polar surface area (TPSA) is 149 Å². The van der Waals surface area contributed by atoms with Gasteiger partial charge in [0.1, 0.15) is 18.3 Å². The first-order valence-corrected chi connectivity index (χ1v) is 7.75. The molecule has 1 aliphatic rings. The van der Waals surface area contributed by atoms with Crippen LogP contribution in [0.4, 0.5) is 5.82 Å². The summed E-state index contributed by atoms with van der Waals surface area (Å²) >= 11 is 0. The molecule has 0 saturated carbocycles. The number of nitrogen functional groups attached to an aromatic ring is 1. The van der Waals surface area contributed by atoms with Crippen LogP contribution >= 0.6 is 0 Å². The highest BCUT2D eigenvalue weighted by Crippen LogP contribution is 2.32. The standard InChI is InChI=1S/C14H21N5O5/c1-3-6(2)23-14-17-11(15)8-12(18-14)19(5-16-8)13-10(22)9(21)7(4-20)24-13/h5-7,9-10,13,20-22H,3-4H2,1-2H3,(H2,15,17,18)/t6?,7-,9-,10-,13-/m1/s1. The molecule has 5 N–H and O–H groups in total. The second kappa shape index (κ2) is 6.48. The number of anilines is 1. The number of hydrogen-bond donors (Lipinski definition) is 4. The highest BCUT2D eigenvalue weighted by molar-refractivity contribution is 5.82. The summed E-state index contributed by atoms with van der Waals surface area (Å²) in [5, 5.41) is 29.3. The molecule has 132 valence electrons. The van der Waals surface area contributed by atoms with Gasteiger partial charge in [-0.15, -0.1) is 0 Å². The molecule has 3 rings (SSSR count). The summed E-state index contributed by atoms with van der Waals surface area (Å²) in [5.74, 6) is 0.142. The van der Waals surface area contributed by atoms with Crippen LogP contribution < -0.4 is 10.5 Å². The highest BCUT2D eigenvalue weighted by Gasteiger charge is 2.44. The number of hydrogen-bond acceptors (Lipinski definition) is 9. The van der Waals surface area contributed by atoms with Crippen LogP contribution in [0.25, 0.3) is 11.2 Å². The fourth-order valence-electron chi connectivity index (χ4n) is 2.53. The molecular formula is C14H21N5O5. The van der Waals surface area contributed by atoms with E-state index < -0.39 is 31.1 Å². The zero-order valence-electron chi connectivity index (χ0n) is 13.4. The predicted molar refractivity (Wildman–Crippen MR) is 83.1 cm³/mol. The summed E-state index contributed by atoms with van der Waals surface area (Å²) in [7, 11) is 0. The quantitative estimate of drug-likeness (QED) is 0.549. The van der Waals surface area contributed by atoms with Gasteiger partial charge in [0, 0.05) is 0 Å². The van der Waals surface area contributed by atoms with Crippen molar-refractivity contribution in [3.05, 3.63) is 6.33 Å². The van der Waals surface area contributed by atoms with Crippen molar-refractivity contribution in [2.24, 2.45) is 0 Å². The van der Waals surface area contributed by atoms with Crippen molar-refractivity contribution in [1.29, 1.82) is 0 Å². The van der Waals surface area contributed by atoms with Gasteiger partial charge in [0.25, 0.3) is 0 Å². The normalized spacial score (nSPS) is 28.4. The van der Waals surface area contributed by atoms with Crippen LogP contribution in [-0.4, -0.2) is 65.9 Å². The Labute approximate surface area is 137 Å². The number of fused-ring (bicyclic) bond motifs is 1.